The highest BCUT2D eigenvalue weighted by Gasteiger charge is 2.27. The van der Waals surface area contributed by atoms with Gasteiger partial charge in [-0.05, 0) is 46.1 Å². The van der Waals surface area contributed by atoms with Gasteiger partial charge in [-0.3, -0.25) is 4.79 Å². The molecule has 0 N–H and O–H groups in total. The van der Waals surface area contributed by atoms with Crippen LogP contribution in [-0.4, -0.2) is 5.78 Å². The SMILES string of the molecule is CC(=O)C=CC1(C)CCCC(C)=C1C. The van der Waals surface area contributed by atoms with E-state index in [1.54, 1.807) is 13.0 Å². The monoisotopic (exact) mass is 192 g/mol. The van der Waals surface area contributed by atoms with Gasteiger partial charge in [0.15, 0.2) is 5.78 Å². The van der Waals surface area contributed by atoms with E-state index < -0.39 is 0 Å². The number of ketones is 1. The van der Waals surface area contributed by atoms with Gasteiger partial charge < -0.3 is 0 Å². The maximum absolute atomic E-state index is 10.9. The van der Waals surface area contributed by atoms with Crippen LogP contribution in [0, 0.1) is 5.41 Å². The van der Waals surface area contributed by atoms with E-state index in [0.29, 0.717) is 0 Å². The third kappa shape index (κ3) is 2.34. The number of hydrogen-bond acceptors (Lipinski definition) is 1. The summed E-state index contributed by atoms with van der Waals surface area (Å²) < 4.78 is 0. The molecule has 0 aromatic heterocycles. The summed E-state index contributed by atoms with van der Waals surface area (Å²) in [5.41, 5.74) is 3.06. The molecule has 0 spiro atoms. The van der Waals surface area contributed by atoms with Crippen molar-refractivity contribution in [2.24, 2.45) is 5.41 Å². The van der Waals surface area contributed by atoms with Gasteiger partial charge >= 0.3 is 0 Å². The molecule has 0 heterocycles. The third-order valence-electron chi connectivity index (χ3n) is 3.43. The van der Waals surface area contributed by atoms with Crippen LogP contribution in [0.5, 0.6) is 0 Å². The molecule has 1 nitrogen and oxygen atoms in total. The molecule has 0 aromatic carbocycles. The van der Waals surface area contributed by atoms with Gasteiger partial charge in [0.25, 0.3) is 0 Å². The van der Waals surface area contributed by atoms with Crippen molar-refractivity contribution in [1.82, 2.24) is 0 Å². The lowest BCUT2D eigenvalue weighted by Gasteiger charge is -2.33. The molecule has 0 aliphatic heterocycles. The van der Waals surface area contributed by atoms with Crippen molar-refractivity contribution >= 4 is 5.78 Å². The second kappa shape index (κ2) is 4.12. The van der Waals surface area contributed by atoms with E-state index in [1.807, 2.05) is 0 Å². The molecule has 0 bridgehead atoms. The number of hydrogen-bond donors (Lipinski definition) is 0. The molecule has 1 unspecified atom stereocenters. The molecule has 0 saturated carbocycles. The lowest BCUT2D eigenvalue weighted by molar-refractivity contribution is -0.112. The molecule has 1 heteroatoms. The van der Waals surface area contributed by atoms with E-state index in [-0.39, 0.29) is 11.2 Å². The topological polar surface area (TPSA) is 17.1 Å². The molecule has 1 aliphatic rings. The first-order valence-corrected chi connectivity index (χ1v) is 5.32. The van der Waals surface area contributed by atoms with E-state index in [9.17, 15) is 4.79 Å². The maximum atomic E-state index is 10.9. The number of allylic oxidation sites excluding steroid dienone is 4. The molecule has 1 atom stereocenters. The van der Waals surface area contributed by atoms with E-state index >= 15 is 0 Å². The first kappa shape index (κ1) is 11.2. The Morgan fingerprint density at radius 2 is 2.07 bits per heavy atom. The Kier molecular flexibility index (Phi) is 3.30. The van der Waals surface area contributed by atoms with Gasteiger partial charge in [0.2, 0.25) is 0 Å². The summed E-state index contributed by atoms with van der Waals surface area (Å²) >= 11 is 0. The molecule has 0 amide bonds. The number of carbonyl (C=O) groups excluding carboxylic acids is 1. The zero-order chi connectivity index (χ0) is 10.8. The fraction of sp³-hybridized carbons (Fsp3) is 0.615. The van der Waals surface area contributed by atoms with Crippen molar-refractivity contribution in [3.05, 3.63) is 23.3 Å². The fourth-order valence-electron chi connectivity index (χ4n) is 2.09. The zero-order valence-electron chi connectivity index (χ0n) is 9.68. The largest absolute Gasteiger partial charge is 0.295 e. The zero-order valence-corrected chi connectivity index (χ0v) is 9.68. The van der Waals surface area contributed by atoms with Crippen LogP contribution in [0.3, 0.4) is 0 Å². The highest BCUT2D eigenvalue weighted by atomic mass is 16.1. The Balaban J connectivity index is 2.93. The second-order valence-corrected chi connectivity index (χ2v) is 4.62. The predicted molar refractivity (Wildman–Crippen MR) is 60.2 cm³/mol. The molecular weight excluding hydrogens is 172 g/mol. The van der Waals surface area contributed by atoms with Crippen molar-refractivity contribution in [3.8, 4) is 0 Å². The van der Waals surface area contributed by atoms with E-state index in [1.165, 1.54) is 30.4 Å². The molecule has 1 rings (SSSR count). The first-order chi connectivity index (χ1) is 6.46. The van der Waals surface area contributed by atoms with E-state index in [2.05, 4.69) is 26.8 Å². The molecule has 0 radical (unpaired) electrons. The van der Waals surface area contributed by atoms with Crippen LogP contribution in [0.4, 0.5) is 0 Å². The Labute approximate surface area is 86.9 Å². The van der Waals surface area contributed by atoms with Crippen molar-refractivity contribution < 1.29 is 4.79 Å². The van der Waals surface area contributed by atoms with Gasteiger partial charge in [0, 0.05) is 5.41 Å². The minimum atomic E-state index is 0.119. The molecule has 0 aromatic rings. The van der Waals surface area contributed by atoms with Crippen molar-refractivity contribution in [2.45, 2.75) is 47.0 Å². The van der Waals surface area contributed by atoms with Crippen LogP contribution in [0.25, 0.3) is 0 Å². The van der Waals surface area contributed by atoms with Crippen molar-refractivity contribution in [1.29, 1.82) is 0 Å². The van der Waals surface area contributed by atoms with Crippen molar-refractivity contribution in [2.75, 3.05) is 0 Å². The Morgan fingerprint density at radius 3 is 2.64 bits per heavy atom. The van der Waals surface area contributed by atoms with Crippen LogP contribution in [0.1, 0.15) is 47.0 Å². The minimum Gasteiger partial charge on any atom is -0.295 e. The second-order valence-electron chi connectivity index (χ2n) is 4.62. The Morgan fingerprint density at radius 1 is 1.43 bits per heavy atom. The van der Waals surface area contributed by atoms with Crippen molar-refractivity contribution in [3.63, 3.8) is 0 Å². The quantitative estimate of drug-likeness (QED) is 0.482. The highest BCUT2D eigenvalue weighted by Crippen LogP contribution is 2.41. The summed E-state index contributed by atoms with van der Waals surface area (Å²) in [6.07, 6.45) is 7.41. The standard InChI is InChI=1S/C13H20O/c1-10-6-5-8-13(4,12(10)3)9-7-11(2)14/h7,9H,5-6,8H2,1-4H3. The summed E-state index contributed by atoms with van der Waals surface area (Å²) in [4.78, 5) is 10.9. The van der Waals surface area contributed by atoms with Gasteiger partial charge in [-0.15, -0.1) is 0 Å². The first-order valence-electron chi connectivity index (χ1n) is 5.32. The van der Waals surface area contributed by atoms with E-state index in [4.69, 9.17) is 0 Å². The molecule has 0 saturated heterocycles. The molecule has 78 valence electrons. The summed E-state index contributed by atoms with van der Waals surface area (Å²) in [5, 5.41) is 0. The van der Waals surface area contributed by atoms with Crippen LogP contribution >= 0.6 is 0 Å². The summed E-state index contributed by atoms with van der Waals surface area (Å²) in [6.45, 7) is 8.23. The third-order valence-corrected chi connectivity index (χ3v) is 3.43. The number of rotatable bonds is 2. The fourth-order valence-corrected chi connectivity index (χ4v) is 2.09. The molecule has 14 heavy (non-hydrogen) atoms. The minimum absolute atomic E-state index is 0.119. The average Bonchev–Trinajstić information content (AvgIpc) is 2.11. The van der Waals surface area contributed by atoms with Gasteiger partial charge in [0.05, 0.1) is 0 Å². The Hall–Kier alpha value is -0.850. The van der Waals surface area contributed by atoms with Gasteiger partial charge in [-0.25, -0.2) is 0 Å². The summed E-state index contributed by atoms with van der Waals surface area (Å²) in [7, 11) is 0. The van der Waals surface area contributed by atoms with Crippen LogP contribution in [0.15, 0.2) is 23.3 Å². The molecule has 0 fully saturated rings. The van der Waals surface area contributed by atoms with Crippen LogP contribution < -0.4 is 0 Å². The van der Waals surface area contributed by atoms with Gasteiger partial charge in [-0.1, -0.05) is 24.1 Å². The highest BCUT2D eigenvalue weighted by molar-refractivity contribution is 5.87. The lowest BCUT2D eigenvalue weighted by atomic mass is 9.72. The summed E-state index contributed by atoms with van der Waals surface area (Å²) in [6, 6.07) is 0. The van der Waals surface area contributed by atoms with Crippen LogP contribution in [0.2, 0.25) is 0 Å². The van der Waals surface area contributed by atoms with Gasteiger partial charge in [0.1, 0.15) is 0 Å². The number of carbonyl (C=O) groups is 1. The predicted octanol–water partition coefficient (Wildman–Crippen LogP) is 3.66. The smallest absolute Gasteiger partial charge is 0.152 e. The molecule has 1 aliphatic carbocycles. The maximum Gasteiger partial charge on any atom is 0.152 e. The van der Waals surface area contributed by atoms with Crippen LogP contribution in [-0.2, 0) is 4.79 Å². The Bertz CT molecular complexity index is 296. The normalized spacial score (nSPS) is 28.6. The summed E-state index contributed by atoms with van der Waals surface area (Å²) in [5.74, 6) is 0.141. The van der Waals surface area contributed by atoms with Gasteiger partial charge in [-0.2, -0.15) is 0 Å². The van der Waals surface area contributed by atoms with E-state index in [0.717, 1.165) is 0 Å². The average molecular weight is 192 g/mol. The lowest BCUT2D eigenvalue weighted by Crippen LogP contribution is -2.20. The molecular formula is C13H20O.